The summed E-state index contributed by atoms with van der Waals surface area (Å²) >= 11 is 0. The number of carbonyl (C=O) groups is 1. The first-order chi connectivity index (χ1) is 15.9. The van der Waals surface area contributed by atoms with Gasteiger partial charge >= 0.3 is 6.03 Å². The van der Waals surface area contributed by atoms with Gasteiger partial charge in [-0.2, -0.15) is 0 Å². The summed E-state index contributed by atoms with van der Waals surface area (Å²) in [6.07, 6.45) is 1.71. The van der Waals surface area contributed by atoms with E-state index in [4.69, 9.17) is 9.47 Å². The molecular weight excluding hydrogens is 420 g/mol. The lowest BCUT2D eigenvalue weighted by Gasteiger charge is -2.13. The number of nitrogens with zero attached hydrogens (tertiary/aromatic N) is 2. The second-order valence-electron chi connectivity index (χ2n) is 7.60. The van der Waals surface area contributed by atoms with Gasteiger partial charge in [0.1, 0.15) is 23.8 Å². The van der Waals surface area contributed by atoms with Gasteiger partial charge in [-0.25, -0.2) is 9.78 Å². The molecule has 0 saturated carbocycles. The van der Waals surface area contributed by atoms with E-state index in [0.29, 0.717) is 34.2 Å². The van der Waals surface area contributed by atoms with Crippen molar-refractivity contribution in [3.8, 4) is 11.5 Å². The Bertz CT molecular complexity index is 1380. The highest BCUT2D eigenvalue weighted by molar-refractivity contribution is 6.00. The molecule has 0 fully saturated rings. The lowest BCUT2D eigenvalue weighted by molar-refractivity contribution is 0.262. The van der Waals surface area contributed by atoms with Crippen molar-refractivity contribution in [2.75, 3.05) is 17.7 Å². The third-order valence-electron chi connectivity index (χ3n) is 5.02. The van der Waals surface area contributed by atoms with Crippen LogP contribution < -0.4 is 25.7 Å². The zero-order valence-electron chi connectivity index (χ0n) is 18.6. The molecule has 0 spiro atoms. The number of hydrogen-bond acceptors (Lipinski definition) is 5. The van der Waals surface area contributed by atoms with E-state index < -0.39 is 6.03 Å². The standard InChI is InChI=1S/C25H24N4O4/c1-16-9-10-29-23(11-16)26-20(14-24(29)30)15-33-22-13-19(8-7-17(22)2)28-25(31)27-18-5-4-6-21(12-18)32-3/h4-14H,15H2,1-3H3,(H2,27,28,31). The predicted molar refractivity (Wildman–Crippen MR) is 127 cm³/mol. The van der Waals surface area contributed by atoms with E-state index in [0.717, 1.165) is 11.1 Å². The van der Waals surface area contributed by atoms with Crippen LogP contribution in [0, 0.1) is 13.8 Å². The van der Waals surface area contributed by atoms with E-state index in [1.54, 1.807) is 49.7 Å². The third-order valence-corrected chi connectivity index (χ3v) is 5.02. The van der Waals surface area contributed by atoms with Gasteiger partial charge in [0.25, 0.3) is 5.56 Å². The van der Waals surface area contributed by atoms with Crippen molar-refractivity contribution in [2.45, 2.75) is 20.5 Å². The number of pyridine rings is 1. The van der Waals surface area contributed by atoms with Crippen LogP contribution in [0.4, 0.5) is 16.2 Å². The molecule has 0 atom stereocenters. The SMILES string of the molecule is COc1cccc(NC(=O)Nc2ccc(C)c(OCc3cc(=O)n4ccc(C)cc4n3)c2)c1. The first kappa shape index (κ1) is 21.9. The molecule has 2 aromatic carbocycles. The highest BCUT2D eigenvalue weighted by Gasteiger charge is 2.09. The van der Waals surface area contributed by atoms with Crippen LogP contribution in [0.2, 0.25) is 0 Å². The number of benzene rings is 2. The van der Waals surface area contributed by atoms with E-state index in [1.165, 1.54) is 10.5 Å². The van der Waals surface area contributed by atoms with E-state index in [-0.39, 0.29) is 12.2 Å². The second kappa shape index (κ2) is 9.44. The molecular formula is C25H24N4O4. The topological polar surface area (TPSA) is 94.0 Å². The first-order valence-electron chi connectivity index (χ1n) is 10.4. The van der Waals surface area contributed by atoms with E-state index >= 15 is 0 Å². The minimum atomic E-state index is -0.391. The number of hydrogen-bond donors (Lipinski definition) is 2. The van der Waals surface area contributed by atoms with Crippen LogP contribution in [0.5, 0.6) is 11.5 Å². The number of methoxy groups -OCH3 is 1. The molecule has 0 unspecified atom stereocenters. The minimum Gasteiger partial charge on any atom is -0.497 e. The summed E-state index contributed by atoms with van der Waals surface area (Å²) in [5.74, 6) is 1.23. The van der Waals surface area contributed by atoms with Gasteiger partial charge in [0.15, 0.2) is 0 Å². The van der Waals surface area contributed by atoms with Gasteiger partial charge in [0.05, 0.1) is 12.8 Å². The number of aryl methyl sites for hydroxylation is 2. The summed E-state index contributed by atoms with van der Waals surface area (Å²) in [6.45, 7) is 3.98. The molecule has 0 radical (unpaired) electrons. The van der Waals surface area contributed by atoms with Gasteiger partial charge < -0.3 is 20.1 Å². The fourth-order valence-corrected chi connectivity index (χ4v) is 3.31. The van der Waals surface area contributed by atoms with Crippen LogP contribution in [-0.2, 0) is 6.61 Å². The Hall–Kier alpha value is -4.33. The van der Waals surface area contributed by atoms with Crippen molar-refractivity contribution < 1.29 is 14.3 Å². The molecule has 8 nitrogen and oxygen atoms in total. The van der Waals surface area contributed by atoms with Crippen molar-refractivity contribution >= 4 is 23.1 Å². The van der Waals surface area contributed by atoms with Gasteiger partial charge in [-0.05, 0) is 55.3 Å². The summed E-state index contributed by atoms with van der Waals surface area (Å²) in [4.78, 5) is 29.3. The number of rotatable bonds is 6. The molecule has 0 saturated heterocycles. The van der Waals surface area contributed by atoms with Crippen LogP contribution in [-0.4, -0.2) is 22.5 Å². The molecule has 2 aromatic heterocycles. The van der Waals surface area contributed by atoms with Crippen molar-refractivity contribution in [3.63, 3.8) is 0 Å². The largest absolute Gasteiger partial charge is 0.497 e. The lowest BCUT2D eigenvalue weighted by Crippen LogP contribution is -2.19. The Balaban J connectivity index is 1.45. The highest BCUT2D eigenvalue weighted by Crippen LogP contribution is 2.24. The number of urea groups is 1. The summed E-state index contributed by atoms with van der Waals surface area (Å²) in [5.41, 5.74) is 4.02. The Morgan fingerprint density at radius 2 is 1.79 bits per heavy atom. The Morgan fingerprint density at radius 1 is 1.00 bits per heavy atom. The maximum absolute atomic E-state index is 12.4. The monoisotopic (exact) mass is 444 g/mol. The molecule has 4 rings (SSSR count). The summed E-state index contributed by atoms with van der Waals surface area (Å²) in [5, 5.41) is 5.56. The van der Waals surface area contributed by atoms with Crippen LogP contribution >= 0.6 is 0 Å². The lowest BCUT2D eigenvalue weighted by atomic mass is 10.2. The third kappa shape index (κ3) is 5.30. The molecule has 2 amide bonds. The molecule has 0 aliphatic carbocycles. The number of carbonyl (C=O) groups excluding carboxylic acids is 1. The Labute approximate surface area is 190 Å². The number of nitrogens with one attached hydrogen (secondary N) is 2. The van der Waals surface area contributed by atoms with Crippen LogP contribution in [0.15, 0.2) is 71.7 Å². The summed E-state index contributed by atoms with van der Waals surface area (Å²) in [6, 6.07) is 17.2. The van der Waals surface area contributed by atoms with E-state index in [1.807, 2.05) is 32.0 Å². The second-order valence-corrected chi connectivity index (χ2v) is 7.60. The maximum atomic E-state index is 12.4. The molecule has 0 aliphatic rings. The van der Waals surface area contributed by atoms with E-state index in [2.05, 4.69) is 15.6 Å². The molecule has 33 heavy (non-hydrogen) atoms. The predicted octanol–water partition coefficient (Wildman–Crippen LogP) is 4.54. The number of ether oxygens (including phenoxy) is 2. The fourth-order valence-electron chi connectivity index (χ4n) is 3.31. The summed E-state index contributed by atoms with van der Waals surface area (Å²) in [7, 11) is 1.57. The average molecular weight is 444 g/mol. The summed E-state index contributed by atoms with van der Waals surface area (Å²) < 4.78 is 12.6. The van der Waals surface area contributed by atoms with Gasteiger partial charge in [0.2, 0.25) is 0 Å². The van der Waals surface area contributed by atoms with E-state index in [9.17, 15) is 9.59 Å². The smallest absolute Gasteiger partial charge is 0.323 e. The molecule has 2 N–H and O–H groups in total. The number of amides is 2. The van der Waals surface area contributed by atoms with Gasteiger partial charge in [0, 0.05) is 35.8 Å². The average Bonchev–Trinajstić information content (AvgIpc) is 2.79. The molecule has 0 aliphatic heterocycles. The number of anilines is 2. The molecule has 4 aromatic rings. The van der Waals surface area contributed by atoms with Crippen LogP contribution in [0.1, 0.15) is 16.8 Å². The van der Waals surface area contributed by atoms with Gasteiger partial charge in [-0.3, -0.25) is 9.20 Å². The fraction of sp³-hybridized carbons (Fsp3) is 0.160. The number of aromatic nitrogens is 2. The van der Waals surface area contributed by atoms with Gasteiger partial charge in [-0.15, -0.1) is 0 Å². The zero-order valence-corrected chi connectivity index (χ0v) is 18.6. The van der Waals surface area contributed by atoms with Crippen molar-refractivity contribution in [2.24, 2.45) is 0 Å². The van der Waals surface area contributed by atoms with Crippen molar-refractivity contribution in [1.82, 2.24) is 9.38 Å². The minimum absolute atomic E-state index is 0.125. The number of fused-ring (bicyclic) bond motifs is 1. The normalized spacial score (nSPS) is 10.6. The quantitative estimate of drug-likeness (QED) is 0.455. The van der Waals surface area contributed by atoms with Crippen molar-refractivity contribution in [3.05, 3.63) is 94.0 Å². The Kier molecular flexibility index (Phi) is 6.26. The maximum Gasteiger partial charge on any atom is 0.323 e. The Morgan fingerprint density at radius 3 is 2.58 bits per heavy atom. The van der Waals surface area contributed by atoms with Gasteiger partial charge in [-0.1, -0.05) is 12.1 Å². The first-order valence-corrected chi connectivity index (χ1v) is 10.4. The zero-order chi connectivity index (χ0) is 23.4. The molecule has 168 valence electrons. The van der Waals surface area contributed by atoms with Crippen LogP contribution in [0.25, 0.3) is 5.65 Å². The molecule has 0 bridgehead atoms. The molecule has 8 heteroatoms. The molecule has 2 heterocycles. The van der Waals surface area contributed by atoms with Crippen molar-refractivity contribution in [1.29, 1.82) is 0 Å². The highest BCUT2D eigenvalue weighted by atomic mass is 16.5. The van der Waals surface area contributed by atoms with Crippen LogP contribution in [0.3, 0.4) is 0 Å².